The minimum Gasteiger partial charge on any atom is -0.406 e. The van der Waals surface area contributed by atoms with Crippen LogP contribution in [0.25, 0.3) is 0 Å². The van der Waals surface area contributed by atoms with Gasteiger partial charge in [-0.05, 0) is 58.2 Å². The van der Waals surface area contributed by atoms with E-state index in [-0.39, 0.29) is 11.6 Å². The Bertz CT molecular complexity index is 839. The first-order valence-electron chi connectivity index (χ1n) is 8.29. The van der Waals surface area contributed by atoms with Crippen LogP contribution in [-0.2, 0) is 4.79 Å². The van der Waals surface area contributed by atoms with E-state index in [1.807, 2.05) is 0 Å². The molecule has 0 saturated heterocycles. The number of benzene rings is 2. The van der Waals surface area contributed by atoms with Gasteiger partial charge in [0.2, 0.25) is 5.91 Å². The van der Waals surface area contributed by atoms with Crippen LogP contribution in [0.1, 0.15) is 24.2 Å². The van der Waals surface area contributed by atoms with Crippen molar-refractivity contribution >= 4 is 33.4 Å². The van der Waals surface area contributed by atoms with Crippen LogP contribution in [0, 0.1) is 5.92 Å². The molecule has 0 saturated carbocycles. The molecule has 5 nitrogen and oxygen atoms in total. The van der Waals surface area contributed by atoms with E-state index < -0.39 is 30.0 Å². The van der Waals surface area contributed by atoms with Crippen molar-refractivity contribution in [2.45, 2.75) is 26.3 Å². The molecule has 2 aromatic carbocycles. The third-order valence-corrected chi connectivity index (χ3v) is 4.40. The predicted molar refractivity (Wildman–Crippen MR) is 102 cm³/mol. The van der Waals surface area contributed by atoms with Gasteiger partial charge in [0.1, 0.15) is 11.8 Å². The standard InChI is InChI=1S/C19H18BrF3N2O3/c1-11(2)16(25-17(26)14-5-3-4-6-15(14)20)18(27)24-12-7-9-13(10-8-12)28-19(21,22)23/h3-11,16H,1-2H3,(H,24,27)(H,25,26)/t16-/m1/s1. The summed E-state index contributed by atoms with van der Waals surface area (Å²) in [7, 11) is 0. The summed E-state index contributed by atoms with van der Waals surface area (Å²) in [5.74, 6) is -1.53. The van der Waals surface area contributed by atoms with Crippen LogP contribution in [0.4, 0.5) is 18.9 Å². The normalized spacial score (nSPS) is 12.4. The van der Waals surface area contributed by atoms with E-state index in [4.69, 9.17) is 0 Å². The van der Waals surface area contributed by atoms with Gasteiger partial charge >= 0.3 is 6.36 Å². The molecule has 0 radical (unpaired) electrons. The lowest BCUT2D eigenvalue weighted by molar-refractivity contribution is -0.274. The highest BCUT2D eigenvalue weighted by Crippen LogP contribution is 2.24. The summed E-state index contributed by atoms with van der Waals surface area (Å²) in [6.07, 6.45) is -4.79. The zero-order valence-electron chi connectivity index (χ0n) is 15.0. The summed E-state index contributed by atoms with van der Waals surface area (Å²) in [5, 5.41) is 5.26. The second-order valence-electron chi connectivity index (χ2n) is 6.24. The Morgan fingerprint density at radius 2 is 1.64 bits per heavy atom. The quantitative estimate of drug-likeness (QED) is 0.656. The molecule has 1 atom stereocenters. The van der Waals surface area contributed by atoms with Gasteiger partial charge in [-0.25, -0.2) is 0 Å². The monoisotopic (exact) mass is 458 g/mol. The molecule has 0 unspecified atom stereocenters. The van der Waals surface area contributed by atoms with E-state index in [9.17, 15) is 22.8 Å². The molecule has 0 aliphatic rings. The fraction of sp³-hybridized carbons (Fsp3) is 0.263. The second kappa shape index (κ2) is 9.09. The summed E-state index contributed by atoms with van der Waals surface area (Å²) in [6, 6.07) is 10.7. The number of halogens is 4. The van der Waals surface area contributed by atoms with Crippen LogP contribution >= 0.6 is 15.9 Å². The molecule has 2 amide bonds. The maximum absolute atomic E-state index is 12.6. The molecule has 28 heavy (non-hydrogen) atoms. The van der Waals surface area contributed by atoms with Gasteiger partial charge in [0.05, 0.1) is 5.56 Å². The van der Waals surface area contributed by atoms with Crippen LogP contribution in [0.15, 0.2) is 53.0 Å². The molecule has 0 aliphatic heterocycles. The molecule has 2 N–H and O–H groups in total. The third kappa shape index (κ3) is 6.26. The van der Waals surface area contributed by atoms with Crippen molar-refractivity contribution in [3.05, 3.63) is 58.6 Å². The molecule has 0 bridgehead atoms. The number of carbonyl (C=O) groups is 2. The summed E-state index contributed by atoms with van der Waals surface area (Å²) >= 11 is 3.29. The number of hydrogen-bond acceptors (Lipinski definition) is 3. The summed E-state index contributed by atoms with van der Waals surface area (Å²) in [6.45, 7) is 3.54. The number of hydrogen-bond donors (Lipinski definition) is 2. The fourth-order valence-electron chi connectivity index (χ4n) is 2.36. The minimum atomic E-state index is -4.79. The number of rotatable bonds is 6. The molecule has 0 spiro atoms. The van der Waals surface area contributed by atoms with Crippen molar-refractivity contribution in [2.24, 2.45) is 5.92 Å². The molecule has 2 aromatic rings. The highest BCUT2D eigenvalue weighted by Gasteiger charge is 2.31. The average Bonchev–Trinajstić information content (AvgIpc) is 2.60. The molecule has 0 aromatic heterocycles. The van der Waals surface area contributed by atoms with Crippen molar-refractivity contribution < 1.29 is 27.5 Å². The van der Waals surface area contributed by atoms with Crippen LogP contribution < -0.4 is 15.4 Å². The summed E-state index contributed by atoms with van der Waals surface area (Å²) in [4.78, 5) is 25.0. The Morgan fingerprint density at radius 3 is 2.18 bits per heavy atom. The molecular weight excluding hydrogens is 441 g/mol. The van der Waals surface area contributed by atoms with Gasteiger partial charge in [-0.1, -0.05) is 26.0 Å². The first kappa shape index (κ1) is 21.7. The zero-order chi connectivity index (χ0) is 20.9. The lowest BCUT2D eigenvalue weighted by Gasteiger charge is -2.22. The first-order chi connectivity index (χ1) is 13.1. The third-order valence-electron chi connectivity index (χ3n) is 3.71. The van der Waals surface area contributed by atoms with Crippen LogP contribution in [0.5, 0.6) is 5.75 Å². The predicted octanol–water partition coefficient (Wildman–Crippen LogP) is 4.74. The molecule has 150 valence electrons. The Labute approximate surface area is 168 Å². The summed E-state index contributed by atoms with van der Waals surface area (Å²) < 4.78 is 41.0. The maximum atomic E-state index is 12.6. The molecule has 2 rings (SSSR count). The van der Waals surface area contributed by atoms with Gasteiger partial charge in [0.25, 0.3) is 5.91 Å². The lowest BCUT2D eigenvalue weighted by Crippen LogP contribution is -2.47. The number of amides is 2. The van der Waals surface area contributed by atoms with Gasteiger partial charge in [0, 0.05) is 10.2 Å². The smallest absolute Gasteiger partial charge is 0.406 e. The average molecular weight is 459 g/mol. The van der Waals surface area contributed by atoms with E-state index in [2.05, 4.69) is 31.3 Å². The van der Waals surface area contributed by atoms with E-state index in [1.54, 1.807) is 38.1 Å². The van der Waals surface area contributed by atoms with Crippen molar-refractivity contribution in [2.75, 3.05) is 5.32 Å². The Balaban J connectivity index is 2.07. The topological polar surface area (TPSA) is 67.4 Å². The zero-order valence-corrected chi connectivity index (χ0v) is 16.6. The van der Waals surface area contributed by atoms with Crippen molar-refractivity contribution in [3.8, 4) is 5.75 Å². The van der Waals surface area contributed by atoms with Gasteiger partial charge < -0.3 is 15.4 Å². The molecule has 0 fully saturated rings. The molecular formula is C19H18BrF3N2O3. The largest absolute Gasteiger partial charge is 0.573 e. The van der Waals surface area contributed by atoms with Crippen molar-refractivity contribution in [1.29, 1.82) is 0 Å². The fourth-order valence-corrected chi connectivity index (χ4v) is 2.82. The number of nitrogens with one attached hydrogen (secondary N) is 2. The van der Waals surface area contributed by atoms with E-state index >= 15 is 0 Å². The minimum absolute atomic E-state index is 0.223. The molecule has 9 heteroatoms. The molecule has 0 heterocycles. The Kier molecular flexibility index (Phi) is 7.06. The number of anilines is 1. The SMILES string of the molecule is CC(C)[C@@H](NC(=O)c1ccccc1Br)C(=O)Nc1ccc(OC(F)(F)F)cc1. The second-order valence-corrected chi connectivity index (χ2v) is 7.09. The van der Waals surface area contributed by atoms with E-state index in [0.717, 1.165) is 12.1 Å². The van der Waals surface area contributed by atoms with Gasteiger partial charge in [-0.2, -0.15) is 0 Å². The highest BCUT2D eigenvalue weighted by atomic mass is 79.9. The first-order valence-corrected chi connectivity index (χ1v) is 9.08. The summed E-state index contributed by atoms with van der Waals surface area (Å²) in [5.41, 5.74) is 0.662. The van der Waals surface area contributed by atoms with E-state index in [0.29, 0.717) is 10.0 Å². The number of ether oxygens (including phenoxy) is 1. The van der Waals surface area contributed by atoms with Crippen LogP contribution in [0.3, 0.4) is 0 Å². The lowest BCUT2D eigenvalue weighted by atomic mass is 10.0. The molecule has 0 aliphatic carbocycles. The van der Waals surface area contributed by atoms with Gasteiger partial charge in [-0.15, -0.1) is 13.2 Å². The number of alkyl halides is 3. The van der Waals surface area contributed by atoms with Gasteiger partial charge in [-0.3, -0.25) is 9.59 Å². The Hall–Kier alpha value is -2.55. The Morgan fingerprint density at radius 1 is 1.04 bits per heavy atom. The van der Waals surface area contributed by atoms with E-state index in [1.165, 1.54) is 12.1 Å². The van der Waals surface area contributed by atoms with Crippen LogP contribution in [0.2, 0.25) is 0 Å². The maximum Gasteiger partial charge on any atom is 0.573 e. The van der Waals surface area contributed by atoms with Crippen LogP contribution in [-0.4, -0.2) is 24.2 Å². The highest BCUT2D eigenvalue weighted by molar-refractivity contribution is 9.10. The number of carbonyl (C=O) groups excluding carboxylic acids is 2. The van der Waals surface area contributed by atoms with Crippen molar-refractivity contribution in [3.63, 3.8) is 0 Å². The van der Waals surface area contributed by atoms with Gasteiger partial charge in [0.15, 0.2) is 0 Å². The van der Waals surface area contributed by atoms with Crippen molar-refractivity contribution in [1.82, 2.24) is 5.32 Å².